The largest absolute Gasteiger partial charge is 0.346 e. The monoisotopic (exact) mass is 491 g/mol. The Morgan fingerprint density at radius 3 is 2.62 bits per heavy atom. The zero-order chi connectivity index (χ0) is 23.6. The molecule has 2 N–H and O–H groups in total. The number of halogens is 3. The molecule has 2 aromatic rings. The van der Waals surface area contributed by atoms with E-state index < -0.39 is 56.6 Å². The second-order valence-corrected chi connectivity index (χ2v) is 10.8. The Morgan fingerprint density at radius 1 is 1.25 bits per heavy atom. The number of carbonyl (C=O) groups is 2. The molecule has 9 nitrogen and oxygen atoms in total. The van der Waals surface area contributed by atoms with Crippen LogP contribution in [0.25, 0.3) is 0 Å². The maximum Gasteiger partial charge on any atom is 0.243 e. The topological polar surface area (TPSA) is 123 Å². The Balaban J connectivity index is 1.53. The van der Waals surface area contributed by atoms with Gasteiger partial charge in [-0.1, -0.05) is 11.8 Å². The summed E-state index contributed by atoms with van der Waals surface area (Å²) in [5.74, 6) is -5.62. The van der Waals surface area contributed by atoms with Crippen LogP contribution in [0.4, 0.5) is 18.9 Å². The van der Waals surface area contributed by atoms with Crippen LogP contribution in [0.15, 0.2) is 17.3 Å². The summed E-state index contributed by atoms with van der Waals surface area (Å²) in [6.45, 7) is 1.05. The number of hydrogen-bond acceptors (Lipinski definition) is 7. The van der Waals surface area contributed by atoms with E-state index in [-0.39, 0.29) is 17.4 Å². The van der Waals surface area contributed by atoms with Gasteiger partial charge in [-0.25, -0.2) is 21.6 Å². The van der Waals surface area contributed by atoms with E-state index in [0.717, 1.165) is 17.8 Å². The number of nitrogens with zero attached hydrogens (tertiary/aromatic N) is 3. The van der Waals surface area contributed by atoms with Crippen molar-refractivity contribution >= 4 is 39.1 Å². The smallest absolute Gasteiger partial charge is 0.243 e. The average molecular weight is 492 g/mol. The SMILES string of the molecule is CC(Sc1nnc(C2CCS(=O)(=O)C2)n1C)C(=O)NCC(=O)Nc1ccc(F)c(F)c1F. The molecule has 174 valence electrons. The van der Waals surface area contributed by atoms with Gasteiger partial charge in [0, 0.05) is 13.0 Å². The van der Waals surface area contributed by atoms with Crippen LogP contribution in [0.1, 0.15) is 25.1 Å². The summed E-state index contributed by atoms with van der Waals surface area (Å²) in [6.07, 6.45) is 0.461. The third kappa shape index (κ3) is 5.41. The van der Waals surface area contributed by atoms with Crippen LogP contribution in [0.2, 0.25) is 0 Å². The first-order chi connectivity index (χ1) is 15.0. The van der Waals surface area contributed by atoms with Crippen molar-refractivity contribution in [2.45, 2.75) is 29.7 Å². The normalized spacial score (nSPS) is 18.3. The number of hydrogen-bond donors (Lipinski definition) is 2. The number of carbonyl (C=O) groups excluding carboxylic acids is 2. The molecule has 1 aliphatic rings. The average Bonchev–Trinajstić information content (AvgIpc) is 3.28. The molecule has 0 saturated carbocycles. The molecule has 1 aromatic heterocycles. The number of thioether (sulfide) groups is 1. The van der Waals surface area contributed by atoms with E-state index in [1.807, 2.05) is 0 Å². The Kier molecular flexibility index (Phi) is 7.12. The molecule has 2 atom stereocenters. The van der Waals surface area contributed by atoms with Crippen LogP contribution in [0, 0.1) is 17.5 Å². The lowest BCUT2D eigenvalue weighted by Gasteiger charge is -2.13. The van der Waals surface area contributed by atoms with E-state index in [9.17, 15) is 31.2 Å². The van der Waals surface area contributed by atoms with Crippen molar-refractivity contribution in [3.8, 4) is 0 Å². The fourth-order valence-corrected chi connectivity index (χ4v) is 5.71. The molecular weight excluding hydrogens is 471 g/mol. The lowest BCUT2D eigenvalue weighted by molar-refractivity contribution is -0.123. The third-order valence-electron chi connectivity index (χ3n) is 4.85. The number of nitrogens with one attached hydrogen (secondary N) is 2. The molecule has 0 bridgehead atoms. The quantitative estimate of drug-likeness (QED) is 0.443. The molecule has 2 heterocycles. The van der Waals surface area contributed by atoms with Gasteiger partial charge in [0.15, 0.2) is 32.4 Å². The van der Waals surface area contributed by atoms with Gasteiger partial charge in [-0.05, 0) is 25.5 Å². The van der Waals surface area contributed by atoms with Crippen LogP contribution >= 0.6 is 11.8 Å². The Bertz CT molecular complexity index is 1160. The summed E-state index contributed by atoms with van der Waals surface area (Å²) < 4.78 is 64.8. The van der Waals surface area contributed by atoms with Crippen molar-refractivity contribution in [2.24, 2.45) is 7.05 Å². The molecule has 3 rings (SSSR count). The molecule has 1 fully saturated rings. The molecular formula is C18H20F3N5O4S2. The number of aromatic nitrogens is 3. The van der Waals surface area contributed by atoms with Gasteiger partial charge < -0.3 is 15.2 Å². The Labute approximate surface area is 186 Å². The molecule has 1 saturated heterocycles. The number of rotatable bonds is 7. The first kappa shape index (κ1) is 24.0. The molecule has 2 unspecified atom stereocenters. The maximum absolute atomic E-state index is 13.6. The van der Waals surface area contributed by atoms with Crippen molar-refractivity contribution in [3.05, 3.63) is 35.4 Å². The van der Waals surface area contributed by atoms with Crippen molar-refractivity contribution in [1.82, 2.24) is 20.1 Å². The van der Waals surface area contributed by atoms with E-state index in [1.54, 1.807) is 18.5 Å². The van der Waals surface area contributed by atoms with E-state index >= 15 is 0 Å². The highest BCUT2D eigenvalue weighted by molar-refractivity contribution is 8.00. The van der Waals surface area contributed by atoms with E-state index in [0.29, 0.717) is 23.5 Å². The second-order valence-electron chi connectivity index (χ2n) is 7.25. The number of amides is 2. The summed E-state index contributed by atoms with van der Waals surface area (Å²) in [5, 5.41) is 12.2. The zero-order valence-electron chi connectivity index (χ0n) is 17.1. The van der Waals surface area contributed by atoms with Gasteiger partial charge in [0.1, 0.15) is 5.82 Å². The zero-order valence-corrected chi connectivity index (χ0v) is 18.7. The minimum Gasteiger partial charge on any atom is -0.346 e. The van der Waals surface area contributed by atoms with Crippen molar-refractivity contribution in [3.63, 3.8) is 0 Å². The van der Waals surface area contributed by atoms with Gasteiger partial charge in [0.25, 0.3) is 0 Å². The van der Waals surface area contributed by atoms with Crippen LogP contribution in [0.3, 0.4) is 0 Å². The Morgan fingerprint density at radius 2 is 1.97 bits per heavy atom. The predicted octanol–water partition coefficient (Wildman–Crippen LogP) is 1.37. The number of benzene rings is 1. The summed E-state index contributed by atoms with van der Waals surface area (Å²) in [7, 11) is -1.41. The molecule has 32 heavy (non-hydrogen) atoms. The van der Waals surface area contributed by atoms with Crippen LogP contribution in [0.5, 0.6) is 0 Å². The third-order valence-corrected chi connectivity index (χ3v) is 7.75. The highest BCUT2D eigenvalue weighted by atomic mass is 32.2. The molecule has 0 aliphatic carbocycles. The molecule has 14 heteroatoms. The van der Waals surface area contributed by atoms with Gasteiger partial charge in [-0.2, -0.15) is 0 Å². The lowest BCUT2D eigenvalue weighted by Crippen LogP contribution is -2.37. The van der Waals surface area contributed by atoms with Gasteiger partial charge >= 0.3 is 0 Å². The van der Waals surface area contributed by atoms with Gasteiger partial charge in [-0.15, -0.1) is 10.2 Å². The standard InChI is InChI=1S/C18H20F3N5O4S2/c1-9(31-18-25-24-16(26(18)2)10-5-6-32(29,30)8-10)17(28)22-7-13(27)23-12-4-3-11(19)14(20)15(12)21/h3-4,9-10H,5-8H2,1-2H3,(H,22,28)(H,23,27). The summed E-state index contributed by atoms with van der Waals surface area (Å²) in [5.41, 5.74) is -0.550. The summed E-state index contributed by atoms with van der Waals surface area (Å²) in [6, 6.07) is 1.54. The van der Waals surface area contributed by atoms with Crippen LogP contribution in [-0.2, 0) is 26.5 Å². The van der Waals surface area contributed by atoms with Crippen molar-refractivity contribution in [1.29, 1.82) is 0 Å². The molecule has 0 spiro atoms. The number of sulfone groups is 1. The minimum absolute atomic E-state index is 0.00728. The van der Waals surface area contributed by atoms with Crippen LogP contribution < -0.4 is 10.6 Å². The first-order valence-electron chi connectivity index (χ1n) is 9.46. The maximum atomic E-state index is 13.6. The highest BCUT2D eigenvalue weighted by Gasteiger charge is 2.33. The lowest BCUT2D eigenvalue weighted by atomic mass is 10.1. The summed E-state index contributed by atoms with van der Waals surface area (Å²) in [4.78, 5) is 24.2. The van der Waals surface area contributed by atoms with Gasteiger partial charge in [-0.3, -0.25) is 9.59 Å². The van der Waals surface area contributed by atoms with Crippen LogP contribution in [-0.4, -0.2) is 58.3 Å². The van der Waals surface area contributed by atoms with Crippen molar-refractivity contribution < 1.29 is 31.2 Å². The molecule has 2 amide bonds. The van der Waals surface area contributed by atoms with Gasteiger partial charge in [0.2, 0.25) is 11.8 Å². The predicted molar refractivity (Wildman–Crippen MR) is 110 cm³/mol. The fraction of sp³-hybridized carbons (Fsp3) is 0.444. The van der Waals surface area contributed by atoms with Crippen molar-refractivity contribution in [2.75, 3.05) is 23.4 Å². The summed E-state index contributed by atoms with van der Waals surface area (Å²) >= 11 is 1.06. The van der Waals surface area contributed by atoms with E-state index in [1.165, 1.54) is 0 Å². The minimum atomic E-state index is -3.09. The first-order valence-corrected chi connectivity index (χ1v) is 12.2. The van der Waals surface area contributed by atoms with Gasteiger partial charge in [0.05, 0.1) is 29.0 Å². The van der Waals surface area contributed by atoms with E-state index in [4.69, 9.17) is 0 Å². The second kappa shape index (κ2) is 9.48. The molecule has 1 aromatic carbocycles. The highest BCUT2D eigenvalue weighted by Crippen LogP contribution is 2.30. The molecule has 1 aliphatic heterocycles. The van der Waals surface area contributed by atoms with E-state index in [2.05, 4.69) is 20.8 Å². The number of anilines is 1. The fourth-order valence-electron chi connectivity index (χ4n) is 3.12. The Hall–Kier alpha value is -2.61. The molecule has 0 radical (unpaired) electrons.